The Hall–Kier alpha value is -2.72. The minimum Gasteiger partial charge on any atom is -0.487 e. The van der Waals surface area contributed by atoms with E-state index in [-0.39, 0.29) is 17.6 Å². The van der Waals surface area contributed by atoms with Crippen LogP contribution >= 0.6 is 11.8 Å². The maximum absolute atomic E-state index is 13.3. The van der Waals surface area contributed by atoms with Gasteiger partial charge in [0, 0.05) is 22.6 Å². The number of benzene rings is 3. The quantitative estimate of drug-likeness (QED) is 0.494. The number of hydrogen-bond acceptors (Lipinski definition) is 3. The fraction of sp³-hybridized carbons (Fsp3) is 0.269. The van der Waals surface area contributed by atoms with Gasteiger partial charge in [0.15, 0.2) is 0 Å². The van der Waals surface area contributed by atoms with Gasteiger partial charge in [-0.25, -0.2) is 0 Å². The smallest absolute Gasteiger partial charge is 0.252 e. The Kier molecular flexibility index (Phi) is 5.87. The number of carbonyl (C=O) groups excluding carboxylic acids is 1. The van der Waals surface area contributed by atoms with Gasteiger partial charge in [0.25, 0.3) is 5.91 Å². The Bertz CT molecular complexity index is 1050. The van der Waals surface area contributed by atoms with Crippen LogP contribution in [0.4, 0.5) is 0 Å². The SMILES string of the molecule is Cc1ccc2c(c1)OC(C)(C)C[C@H]2NC(=O)c1ccccc1SCc1ccccc1. The summed E-state index contributed by atoms with van der Waals surface area (Å²) in [4.78, 5) is 14.3. The van der Waals surface area contributed by atoms with Crippen LogP contribution in [-0.4, -0.2) is 11.5 Å². The number of amides is 1. The van der Waals surface area contributed by atoms with E-state index in [2.05, 4.69) is 56.4 Å². The van der Waals surface area contributed by atoms with E-state index >= 15 is 0 Å². The zero-order chi connectivity index (χ0) is 21.1. The molecule has 0 saturated carbocycles. The molecule has 1 heterocycles. The number of fused-ring (bicyclic) bond motifs is 1. The van der Waals surface area contributed by atoms with Gasteiger partial charge < -0.3 is 10.1 Å². The van der Waals surface area contributed by atoms with Gasteiger partial charge in [0.05, 0.1) is 11.6 Å². The first kappa shape index (κ1) is 20.5. The van der Waals surface area contributed by atoms with Gasteiger partial charge in [-0.2, -0.15) is 0 Å². The Balaban J connectivity index is 1.55. The average Bonchev–Trinajstić information content (AvgIpc) is 2.72. The first-order valence-electron chi connectivity index (χ1n) is 10.3. The van der Waals surface area contributed by atoms with Gasteiger partial charge in [-0.15, -0.1) is 11.8 Å². The predicted octanol–water partition coefficient (Wildman–Crippen LogP) is 6.32. The molecule has 3 aromatic carbocycles. The largest absolute Gasteiger partial charge is 0.487 e. The molecule has 30 heavy (non-hydrogen) atoms. The van der Waals surface area contributed by atoms with E-state index in [1.807, 2.05) is 42.5 Å². The second-order valence-electron chi connectivity index (χ2n) is 8.40. The molecule has 1 N–H and O–H groups in total. The molecule has 1 aliphatic rings. The highest BCUT2D eigenvalue weighted by molar-refractivity contribution is 7.98. The van der Waals surface area contributed by atoms with Gasteiger partial charge in [-0.05, 0) is 50.1 Å². The molecule has 0 aliphatic carbocycles. The van der Waals surface area contributed by atoms with Crippen LogP contribution in [0.3, 0.4) is 0 Å². The number of ether oxygens (including phenoxy) is 1. The molecule has 154 valence electrons. The van der Waals surface area contributed by atoms with Crippen molar-refractivity contribution in [3.63, 3.8) is 0 Å². The van der Waals surface area contributed by atoms with Crippen LogP contribution in [0, 0.1) is 6.92 Å². The van der Waals surface area contributed by atoms with Crippen LogP contribution in [0.5, 0.6) is 5.75 Å². The zero-order valence-electron chi connectivity index (χ0n) is 17.6. The number of aryl methyl sites for hydroxylation is 1. The van der Waals surface area contributed by atoms with Gasteiger partial charge in [0.2, 0.25) is 0 Å². The van der Waals surface area contributed by atoms with Crippen molar-refractivity contribution < 1.29 is 9.53 Å². The van der Waals surface area contributed by atoms with Crippen LogP contribution in [0.2, 0.25) is 0 Å². The zero-order valence-corrected chi connectivity index (χ0v) is 18.5. The standard InChI is InChI=1S/C26H27NO2S/c1-18-13-14-20-22(16-26(2,3)29-23(20)15-18)27-25(28)21-11-7-8-12-24(21)30-17-19-9-5-4-6-10-19/h4-15,22H,16-17H2,1-3H3,(H,27,28)/t22-/m1/s1. The highest BCUT2D eigenvalue weighted by atomic mass is 32.2. The third-order valence-corrected chi connectivity index (χ3v) is 6.45. The summed E-state index contributed by atoms with van der Waals surface area (Å²) >= 11 is 1.69. The molecule has 1 amide bonds. The molecule has 0 bridgehead atoms. The molecule has 4 rings (SSSR count). The molecule has 3 aromatic rings. The molecule has 0 saturated heterocycles. The van der Waals surface area contributed by atoms with Crippen molar-refractivity contribution in [2.45, 2.75) is 49.5 Å². The van der Waals surface area contributed by atoms with Crippen LogP contribution < -0.4 is 10.1 Å². The molecular weight excluding hydrogens is 390 g/mol. The summed E-state index contributed by atoms with van der Waals surface area (Å²) in [7, 11) is 0. The lowest BCUT2D eigenvalue weighted by Crippen LogP contribution is -2.41. The molecule has 0 spiro atoms. The molecule has 1 atom stereocenters. The van der Waals surface area contributed by atoms with E-state index in [9.17, 15) is 4.79 Å². The molecule has 3 nitrogen and oxygen atoms in total. The van der Waals surface area contributed by atoms with Crippen LogP contribution in [0.1, 0.15) is 53.4 Å². The second-order valence-corrected chi connectivity index (χ2v) is 9.42. The number of thioether (sulfide) groups is 1. The molecule has 0 radical (unpaired) electrons. The maximum atomic E-state index is 13.3. The molecule has 0 fully saturated rings. The van der Waals surface area contributed by atoms with Crippen molar-refractivity contribution in [3.8, 4) is 5.75 Å². The summed E-state index contributed by atoms with van der Waals surface area (Å²) in [6.07, 6.45) is 0.730. The van der Waals surface area contributed by atoms with E-state index in [0.717, 1.165) is 39.5 Å². The Morgan fingerprint density at radius 2 is 1.80 bits per heavy atom. The third-order valence-electron chi connectivity index (χ3n) is 5.30. The van der Waals surface area contributed by atoms with Crippen LogP contribution in [-0.2, 0) is 5.75 Å². The van der Waals surface area contributed by atoms with Crippen molar-refractivity contribution in [1.29, 1.82) is 0 Å². The lowest BCUT2D eigenvalue weighted by atomic mass is 9.89. The average molecular weight is 418 g/mol. The summed E-state index contributed by atoms with van der Waals surface area (Å²) in [6, 6.07) is 24.3. The second kappa shape index (κ2) is 8.57. The number of nitrogens with one attached hydrogen (secondary N) is 1. The van der Waals surface area contributed by atoms with Crippen LogP contribution in [0.25, 0.3) is 0 Å². The third kappa shape index (κ3) is 4.71. The van der Waals surface area contributed by atoms with E-state index in [1.165, 1.54) is 5.56 Å². The molecule has 0 aromatic heterocycles. The lowest BCUT2D eigenvalue weighted by Gasteiger charge is -2.38. The molecule has 1 aliphatic heterocycles. The molecule has 4 heteroatoms. The summed E-state index contributed by atoms with van der Waals surface area (Å²) in [6.45, 7) is 6.20. The predicted molar refractivity (Wildman–Crippen MR) is 123 cm³/mol. The van der Waals surface area contributed by atoms with Crippen LogP contribution in [0.15, 0.2) is 77.7 Å². The summed E-state index contributed by atoms with van der Waals surface area (Å²) in [5.41, 5.74) is 3.83. The highest BCUT2D eigenvalue weighted by Gasteiger charge is 2.34. The number of carbonyl (C=O) groups is 1. The number of hydrogen-bond donors (Lipinski definition) is 1. The van der Waals surface area contributed by atoms with E-state index in [4.69, 9.17) is 4.74 Å². The van der Waals surface area contributed by atoms with Gasteiger partial charge >= 0.3 is 0 Å². The normalized spacial score (nSPS) is 17.0. The van der Waals surface area contributed by atoms with Crippen molar-refractivity contribution in [2.24, 2.45) is 0 Å². The van der Waals surface area contributed by atoms with Crippen molar-refractivity contribution in [3.05, 3.63) is 95.1 Å². The fourth-order valence-corrected chi connectivity index (χ4v) is 4.84. The highest BCUT2D eigenvalue weighted by Crippen LogP contribution is 2.40. The minimum absolute atomic E-state index is 0.0413. The van der Waals surface area contributed by atoms with E-state index < -0.39 is 0 Å². The Morgan fingerprint density at radius 1 is 1.07 bits per heavy atom. The number of rotatable bonds is 5. The van der Waals surface area contributed by atoms with E-state index in [1.54, 1.807) is 11.8 Å². The Labute approximate surface area is 182 Å². The summed E-state index contributed by atoms with van der Waals surface area (Å²) < 4.78 is 6.17. The summed E-state index contributed by atoms with van der Waals surface area (Å²) in [5, 5.41) is 3.27. The van der Waals surface area contributed by atoms with E-state index in [0.29, 0.717) is 0 Å². The fourth-order valence-electron chi connectivity index (χ4n) is 3.84. The van der Waals surface area contributed by atoms with Crippen molar-refractivity contribution in [1.82, 2.24) is 5.32 Å². The molecular formula is C26H27NO2S. The Morgan fingerprint density at radius 3 is 2.60 bits per heavy atom. The molecule has 0 unspecified atom stereocenters. The van der Waals surface area contributed by atoms with Gasteiger partial charge in [-0.3, -0.25) is 4.79 Å². The minimum atomic E-state index is -0.333. The van der Waals surface area contributed by atoms with Gasteiger partial charge in [0.1, 0.15) is 11.4 Å². The van der Waals surface area contributed by atoms with Crippen molar-refractivity contribution in [2.75, 3.05) is 0 Å². The first-order chi connectivity index (χ1) is 14.4. The first-order valence-corrected chi connectivity index (χ1v) is 11.3. The maximum Gasteiger partial charge on any atom is 0.252 e. The summed E-state index contributed by atoms with van der Waals surface area (Å²) in [5.74, 6) is 1.65. The lowest BCUT2D eigenvalue weighted by molar-refractivity contribution is 0.0618. The van der Waals surface area contributed by atoms with Crippen molar-refractivity contribution >= 4 is 17.7 Å². The van der Waals surface area contributed by atoms with Gasteiger partial charge in [-0.1, -0.05) is 54.6 Å². The topological polar surface area (TPSA) is 38.3 Å². The monoisotopic (exact) mass is 417 g/mol.